The Bertz CT molecular complexity index is 905. The lowest BCUT2D eigenvalue weighted by Crippen LogP contribution is -2.15. The molecule has 0 atom stereocenters. The number of fused-ring (bicyclic) bond motifs is 1. The van der Waals surface area contributed by atoms with Gasteiger partial charge < -0.3 is 0 Å². The van der Waals surface area contributed by atoms with Crippen LogP contribution in [-0.4, -0.2) is 5.71 Å². The average Bonchev–Trinajstić information content (AvgIpc) is 2.68. The Kier molecular flexibility index (Phi) is 4.56. The van der Waals surface area contributed by atoms with Crippen LogP contribution in [0.5, 0.6) is 0 Å². The second-order valence-corrected chi connectivity index (χ2v) is 6.39. The number of hydrogen-bond acceptors (Lipinski definition) is 1. The number of benzene rings is 3. The summed E-state index contributed by atoms with van der Waals surface area (Å²) in [7, 11) is 0. The van der Waals surface area contributed by atoms with E-state index >= 15 is 0 Å². The van der Waals surface area contributed by atoms with Crippen molar-refractivity contribution in [2.75, 3.05) is 0 Å². The van der Waals surface area contributed by atoms with Gasteiger partial charge in [0.05, 0.1) is 12.3 Å². The molecule has 0 radical (unpaired) electrons. The first-order valence-electron chi connectivity index (χ1n) is 8.83. The van der Waals surface area contributed by atoms with Crippen molar-refractivity contribution < 1.29 is 0 Å². The van der Waals surface area contributed by atoms with Gasteiger partial charge in [-0.2, -0.15) is 0 Å². The summed E-state index contributed by atoms with van der Waals surface area (Å²) in [5.74, 6) is 0. The first-order chi connectivity index (χ1) is 12.4. The molecule has 0 spiro atoms. The van der Waals surface area contributed by atoms with E-state index in [-0.39, 0.29) is 0 Å². The van der Waals surface area contributed by atoms with Gasteiger partial charge in [0.1, 0.15) is 0 Å². The quantitative estimate of drug-likeness (QED) is 0.586. The SMILES string of the molecule is C(=C1/CCc2ccccc2C1=NCc1ccccc1)/c1ccccc1. The van der Waals surface area contributed by atoms with Gasteiger partial charge in [-0.1, -0.05) is 84.9 Å². The van der Waals surface area contributed by atoms with Crippen molar-refractivity contribution in [3.63, 3.8) is 0 Å². The molecule has 1 aliphatic carbocycles. The van der Waals surface area contributed by atoms with Crippen LogP contribution in [0.3, 0.4) is 0 Å². The van der Waals surface area contributed by atoms with E-state index in [4.69, 9.17) is 4.99 Å². The maximum Gasteiger partial charge on any atom is 0.0685 e. The summed E-state index contributed by atoms with van der Waals surface area (Å²) in [5, 5.41) is 0. The second-order valence-electron chi connectivity index (χ2n) is 6.39. The maximum atomic E-state index is 5.02. The van der Waals surface area contributed by atoms with Gasteiger partial charge in [0.2, 0.25) is 0 Å². The van der Waals surface area contributed by atoms with E-state index in [2.05, 4.69) is 84.9 Å². The van der Waals surface area contributed by atoms with Crippen molar-refractivity contribution in [1.82, 2.24) is 0 Å². The molecule has 0 N–H and O–H groups in total. The molecule has 3 aromatic rings. The number of aryl methyl sites for hydroxylation is 1. The van der Waals surface area contributed by atoms with Crippen LogP contribution in [0.15, 0.2) is 95.5 Å². The normalized spacial score (nSPS) is 16.8. The summed E-state index contributed by atoms with van der Waals surface area (Å²) in [6.45, 7) is 0.719. The van der Waals surface area contributed by atoms with Crippen LogP contribution in [0.25, 0.3) is 6.08 Å². The van der Waals surface area contributed by atoms with Crippen molar-refractivity contribution in [2.24, 2.45) is 4.99 Å². The molecule has 0 aromatic heterocycles. The van der Waals surface area contributed by atoms with E-state index in [1.165, 1.54) is 27.8 Å². The minimum Gasteiger partial charge on any atom is -0.280 e. The second kappa shape index (κ2) is 7.31. The molecule has 0 amide bonds. The van der Waals surface area contributed by atoms with Gasteiger partial charge in [0.25, 0.3) is 0 Å². The van der Waals surface area contributed by atoms with Crippen molar-refractivity contribution >= 4 is 11.8 Å². The number of allylic oxidation sites excluding steroid dienone is 1. The highest BCUT2D eigenvalue weighted by Crippen LogP contribution is 2.27. The third-order valence-corrected chi connectivity index (χ3v) is 4.64. The molecule has 0 unspecified atom stereocenters. The zero-order valence-electron chi connectivity index (χ0n) is 14.2. The Balaban J connectivity index is 1.75. The van der Waals surface area contributed by atoms with Gasteiger partial charge in [-0.25, -0.2) is 0 Å². The first-order valence-corrected chi connectivity index (χ1v) is 8.83. The maximum absolute atomic E-state index is 5.02. The molecule has 25 heavy (non-hydrogen) atoms. The number of nitrogens with zero attached hydrogens (tertiary/aromatic N) is 1. The fraction of sp³-hybridized carbons (Fsp3) is 0.125. The molecule has 1 nitrogen and oxygen atoms in total. The van der Waals surface area contributed by atoms with Crippen LogP contribution >= 0.6 is 0 Å². The third kappa shape index (κ3) is 3.61. The summed E-state index contributed by atoms with van der Waals surface area (Å²) in [5.41, 5.74) is 7.66. The van der Waals surface area contributed by atoms with Gasteiger partial charge in [-0.05, 0) is 41.2 Å². The average molecular weight is 323 g/mol. The summed E-state index contributed by atoms with van der Waals surface area (Å²) in [6, 6.07) is 29.7. The molecule has 0 fully saturated rings. The zero-order chi connectivity index (χ0) is 16.9. The minimum atomic E-state index is 0.719. The van der Waals surface area contributed by atoms with Crippen molar-refractivity contribution in [3.05, 3.63) is 113 Å². The van der Waals surface area contributed by atoms with Crippen LogP contribution in [0.4, 0.5) is 0 Å². The van der Waals surface area contributed by atoms with Crippen molar-refractivity contribution in [1.29, 1.82) is 0 Å². The smallest absolute Gasteiger partial charge is 0.0685 e. The summed E-state index contributed by atoms with van der Waals surface area (Å²) in [4.78, 5) is 5.02. The fourth-order valence-corrected chi connectivity index (χ4v) is 3.36. The molecule has 3 aromatic carbocycles. The van der Waals surface area contributed by atoms with Gasteiger partial charge in [-0.15, -0.1) is 0 Å². The van der Waals surface area contributed by atoms with Gasteiger partial charge in [0, 0.05) is 5.56 Å². The van der Waals surface area contributed by atoms with Crippen LogP contribution < -0.4 is 0 Å². The molecule has 122 valence electrons. The lowest BCUT2D eigenvalue weighted by atomic mass is 9.85. The Labute approximate surface area is 149 Å². The van der Waals surface area contributed by atoms with E-state index in [1.54, 1.807) is 0 Å². The Hall–Kier alpha value is -2.93. The largest absolute Gasteiger partial charge is 0.280 e. The summed E-state index contributed by atoms with van der Waals surface area (Å²) >= 11 is 0. The van der Waals surface area contributed by atoms with Crippen LogP contribution in [-0.2, 0) is 13.0 Å². The number of aliphatic imine (C=N–C) groups is 1. The molecule has 1 heteroatoms. The Morgan fingerprint density at radius 3 is 2.20 bits per heavy atom. The molecule has 0 saturated carbocycles. The van der Waals surface area contributed by atoms with Crippen molar-refractivity contribution in [2.45, 2.75) is 19.4 Å². The predicted octanol–water partition coefficient (Wildman–Crippen LogP) is 5.71. The minimum absolute atomic E-state index is 0.719. The summed E-state index contributed by atoms with van der Waals surface area (Å²) < 4.78 is 0. The van der Waals surface area contributed by atoms with Crippen LogP contribution in [0.1, 0.15) is 28.7 Å². The topological polar surface area (TPSA) is 12.4 Å². The molecule has 4 rings (SSSR count). The van der Waals surface area contributed by atoms with Gasteiger partial charge in [-0.3, -0.25) is 4.99 Å². The predicted molar refractivity (Wildman–Crippen MR) is 106 cm³/mol. The fourth-order valence-electron chi connectivity index (χ4n) is 3.36. The summed E-state index contributed by atoms with van der Waals surface area (Å²) in [6.07, 6.45) is 4.42. The molecule has 0 bridgehead atoms. The van der Waals surface area contributed by atoms with E-state index in [9.17, 15) is 0 Å². The number of rotatable bonds is 3. The van der Waals surface area contributed by atoms with Gasteiger partial charge >= 0.3 is 0 Å². The highest BCUT2D eigenvalue weighted by Gasteiger charge is 2.19. The standard InChI is InChI=1S/C24H21N/c1-3-9-19(10-4-1)17-22-16-15-21-13-7-8-14-23(21)24(22)25-18-20-11-5-2-6-12-20/h1-14,17H,15-16,18H2/b22-17+,25-24?. The molecular weight excluding hydrogens is 302 g/mol. The highest BCUT2D eigenvalue weighted by molar-refractivity contribution is 6.16. The van der Waals surface area contributed by atoms with Crippen LogP contribution in [0.2, 0.25) is 0 Å². The lowest BCUT2D eigenvalue weighted by Gasteiger charge is -2.21. The number of hydrogen-bond donors (Lipinski definition) is 0. The van der Waals surface area contributed by atoms with E-state index in [1.807, 2.05) is 6.07 Å². The first kappa shape index (κ1) is 15.6. The zero-order valence-corrected chi connectivity index (χ0v) is 14.2. The molecule has 0 heterocycles. The highest BCUT2D eigenvalue weighted by atomic mass is 14.7. The van der Waals surface area contributed by atoms with E-state index < -0.39 is 0 Å². The third-order valence-electron chi connectivity index (χ3n) is 4.64. The van der Waals surface area contributed by atoms with E-state index in [0.29, 0.717) is 0 Å². The molecule has 0 saturated heterocycles. The lowest BCUT2D eigenvalue weighted by molar-refractivity contribution is 0.943. The monoisotopic (exact) mass is 323 g/mol. The molecule has 0 aliphatic heterocycles. The Morgan fingerprint density at radius 1 is 0.720 bits per heavy atom. The van der Waals surface area contributed by atoms with Crippen molar-refractivity contribution in [3.8, 4) is 0 Å². The van der Waals surface area contributed by atoms with Crippen LogP contribution in [0, 0.1) is 0 Å². The Morgan fingerprint density at radius 2 is 1.40 bits per heavy atom. The molecule has 1 aliphatic rings. The van der Waals surface area contributed by atoms with Gasteiger partial charge in [0.15, 0.2) is 0 Å². The van der Waals surface area contributed by atoms with E-state index in [0.717, 1.165) is 25.1 Å². The molecular formula is C24H21N.